The van der Waals surface area contributed by atoms with Gasteiger partial charge in [-0.2, -0.15) is 0 Å². The number of carbonyl (C=O) groups is 3. The zero-order chi connectivity index (χ0) is 24.2. The molecular weight excluding hydrogens is 414 g/mol. The van der Waals surface area contributed by atoms with Gasteiger partial charge in [-0.3, -0.25) is 14.4 Å². The fourth-order valence-corrected chi connectivity index (χ4v) is 4.43. The smallest absolute Gasteiger partial charge is 0.226 e. The van der Waals surface area contributed by atoms with Gasteiger partial charge in [-0.15, -0.1) is 0 Å². The van der Waals surface area contributed by atoms with Gasteiger partial charge in [-0.25, -0.2) is 0 Å². The van der Waals surface area contributed by atoms with Gasteiger partial charge in [-0.05, 0) is 47.1 Å². The Morgan fingerprint density at radius 1 is 1.00 bits per heavy atom. The molecule has 5 nitrogen and oxygen atoms in total. The highest BCUT2D eigenvalue weighted by Gasteiger charge is 2.34. The summed E-state index contributed by atoms with van der Waals surface area (Å²) in [6.45, 7) is 6.48. The van der Waals surface area contributed by atoms with E-state index in [4.69, 9.17) is 4.74 Å². The first kappa shape index (κ1) is 24.7. The molecule has 3 rings (SSSR count). The van der Waals surface area contributed by atoms with Gasteiger partial charge >= 0.3 is 0 Å². The summed E-state index contributed by atoms with van der Waals surface area (Å²) < 4.78 is 5.26. The zero-order valence-corrected chi connectivity index (χ0v) is 20.4. The molecule has 33 heavy (non-hydrogen) atoms. The Hall–Kier alpha value is -2.95. The van der Waals surface area contributed by atoms with Crippen LogP contribution >= 0.6 is 0 Å². The third kappa shape index (κ3) is 6.10. The average molecular weight is 450 g/mol. The fourth-order valence-electron chi connectivity index (χ4n) is 4.43. The standard InChI is InChI=1S/C28H35NO4/c1-28(2,3)22-12-6-19(7-13-22)18-25(31)26(20-10-16-24(33-5)17-11-20)29(4)27(32)21-8-14-23(30)15-9-21/h6-7,10-13,16-17,21,26H,8-9,14-15,18H2,1-5H3. The quantitative estimate of drug-likeness (QED) is 0.592. The van der Waals surface area contributed by atoms with Gasteiger partial charge in [0, 0.05) is 32.2 Å². The van der Waals surface area contributed by atoms with E-state index in [2.05, 4.69) is 32.9 Å². The molecule has 1 saturated carbocycles. The lowest BCUT2D eigenvalue weighted by molar-refractivity contribution is -0.143. The average Bonchev–Trinajstić information content (AvgIpc) is 2.79. The van der Waals surface area contributed by atoms with Crippen molar-refractivity contribution in [3.8, 4) is 5.75 Å². The molecule has 0 heterocycles. The highest BCUT2D eigenvalue weighted by Crippen LogP contribution is 2.30. The number of ether oxygens (including phenoxy) is 1. The van der Waals surface area contributed by atoms with E-state index in [1.807, 2.05) is 36.4 Å². The third-order valence-corrected chi connectivity index (χ3v) is 6.56. The first-order valence-electron chi connectivity index (χ1n) is 11.6. The number of Topliss-reactive ketones (excluding diaryl/α,β-unsaturated/α-hetero) is 2. The van der Waals surface area contributed by atoms with Crippen LogP contribution in [0.2, 0.25) is 0 Å². The molecule has 1 aliphatic carbocycles. The third-order valence-electron chi connectivity index (χ3n) is 6.56. The second-order valence-electron chi connectivity index (χ2n) is 10.0. The lowest BCUT2D eigenvalue weighted by Gasteiger charge is -2.32. The Kier molecular flexibility index (Phi) is 7.72. The van der Waals surface area contributed by atoms with Crippen LogP contribution in [-0.4, -0.2) is 36.5 Å². The highest BCUT2D eigenvalue weighted by molar-refractivity contribution is 5.92. The molecule has 0 spiro atoms. The Bertz CT molecular complexity index is 976. The van der Waals surface area contributed by atoms with Crippen molar-refractivity contribution in [1.82, 2.24) is 4.90 Å². The maximum atomic E-state index is 13.6. The van der Waals surface area contributed by atoms with Gasteiger partial charge in [0.2, 0.25) is 5.91 Å². The predicted molar refractivity (Wildman–Crippen MR) is 129 cm³/mol. The molecule has 1 atom stereocenters. The molecule has 1 unspecified atom stereocenters. The summed E-state index contributed by atoms with van der Waals surface area (Å²) in [7, 11) is 3.30. The molecule has 5 heteroatoms. The Labute approximate surface area is 197 Å². The molecule has 0 bridgehead atoms. The first-order valence-corrected chi connectivity index (χ1v) is 11.6. The second kappa shape index (κ2) is 10.3. The van der Waals surface area contributed by atoms with E-state index >= 15 is 0 Å². The number of likely N-dealkylation sites (N-methyl/N-ethyl adjacent to an activating group) is 1. The largest absolute Gasteiger partial charge is 0.497 e. The molecule has 0 aromatic heterocycles. The predicted octanol–water partition coefficient (Wildman–Crippen LogP) is 5.06. The van der Waals surface area contributed by atoms with Crippen molar-refractivity contribution in [1.29, 1.82) is 0 Å². The molecular formula is C28H35NO4. The van der Waals surface area contributed by atoms with Crippen LogP contribution in [0.15, 0.2) is 48.5 Å². The summed E-state index contributed by atoms with van der Waals surface area (Å²) in [5.41, 5.74) is 2.94. The minimum absolute atomic E-state index is 0.0357. The summed E-state index contributed by atoms with van der Waals surface area (Å²) in [5.74, 6) is 0.587. The maximum absolute atomic E-state index is 13.6. The molecule has 1 amide bonds. The van der Waals surface area contributed by atoms with E-state index in [1.165, 1.54) is 5.56 Å². The first-order chi connectivity index (χ1) is 15.6. The number of nitrogens with zero attached hydrogens (tertiary/aromatic N) is 1. The van der Waals surface area contributed by atoms with Gasteiger partial charge in [0.25, 0.3) is 0 Å². The molecule has 0 aliphatic heterocycles. The van der Waals surface area contributed by atoms with Crippen molar-refractivity contribution in [2.24, 2.45) is 5.92 Å². The SMILES string of the molecule is COc1ccc(C(C(=O)Cc2ccc(C(C)(C)C)cc2)N(C)C(=O)C2CCC(=O)CC2)cc1. The molecule has 0 saturated heterocycles. The van der Waals surface area contributed by atoms with Crippen LogP contribution in [0.25, 0.3) is 0 Å². The number of benzene rings is 2. The van der Waals surface area contributed by atoms with Gasteiger partial charge in [0.05, 0.1) is 7.11 Å². The van der Waals surface area contributed by atoms with E-state index in [-0.39, 0.29) is 35.2 Å². The van der Waals surface area contributed by atoms with Gasteiger partial charge in [-0.1, -0.05) is 57.2 Å². The van der Waals surface area contributed by atoms with Crippen molar-refractivity contribution in [2.45, 2.75) is 64.3 Å². The number of hydrogen-bond donors (Lipinski definition) is 0. The Balaban J connectivity index is 1.85. The van der Waals surface area contributed by atoms with Crippen LogP contribution in [0.3, 0.4) is 0 Å². The number of methoxy groups -OCH3 is 1. The van der Waals surface area contributed by atoms with E-state index < -0.39 is 6.04 Å². The van der Waals surface area contributed by atoms with Gasteiger partial charge < -0.3 is 9.64 Å². The topological polar surface area (TPSA) is 63.7 Å². The van der Waals surface area contributed by atoms with E-state index in [9.17, 15) is 14.4 Å². The van der Waals surface area contributed by atoms with E-state index in [1.54, 1.807) is 19.1 Å². The monoisotopic (exact) mass is 449 g/mol. The van der Waals surface area contributed by atoms with Crippen molar-refractivity contribution >= 4 is 17.5 Å². The van der Waals surface area contributed by atoms with Crippen LogP contribution < -0.4 is 4.74 Å². The van der Waals surface area contributed by atoms with E-state index in [0.29, 0.717) is 31.4 Å². The minimum atomic E-state index is -0.691. The van der Waals surface area contributed by atoms with Crippen LogP contribution in [0.1, 0.15) is 69.2 Å². The highest BCUT2D eigenvalue weighted by atomic mass is 16.5. The number of hydrogen-bond acceptors (Lipinski definition) is 4. The van der Waals surface area contributed by atoms with Gasteiger partial charge in [0.15, 0.2) is 5.78 Å². The zero-order valence-electron chi connectivity index (χ0n) is 20.4. The number of amides is 1. The summed E-state index contributed by atoms with van der Waals surface area (Å²) in [5, 5.41) is 0. The fraction of sp³-hybridized carbons (Fsp3) is 0.464. The normalized spacial score (nSPS) is 15.7. The van der Waals surface area contributed by atoms with Crippen LogP contribution in [0, 0.1) is 5.92 Å². The van der Waals surface area contributed by atoms with Crippen molar-refractivity contribution < 1.29 is 19.1 Å². The maximum Gasteiger partial charge on any atom is 0.226 e. The molecule has 0 radical (unpaired) electrons. The minimum Gasteiger partial charge on any atom is -0.497 e. The Morgan fingerprint density at radius 3 is 2.09 bits per heavy atom. The summed E-state index contributed by atoms with van der Waals surface area (Å²) in [6.07, 6.45) is 2.22. The molecule has 2 aromatic rings. The second-order valence-corrected chi connectivity index (χ2v) is 10.0. The summed E-state index contributed by atoms with van der Waals surface area (Å²) in [6, 6.07) is 14.8. The van der Waals surface area contributed by atoms with Crippen molar-refractivity contribution in [3.63, 3.8) is 0 Å². The van der Waals surface area contributed by atoms with Crippen LogP contribution in [0.4, 0.5) is 0 Å². The number of carbonyl (C=O) groups excluding carboxylic acids is 3. The summed E-state index contributed by atoms with van der Waals surface area (Å²) >= 11 is 0. The molecule has 1 fully saturated rings. The number of ketones is 2. The lowest BCUT2D eigenvalue weighted by Crippen LogP contribution is -2.41. The lowest BCUT2D eigenvalue weighted by atomic mass is 9.85. The molecule has 176 valence electrons. The van der Waals surface area contributed by atoms with Crippen molar-refractivity contribution in [2.75, 3.05) is 14.2 Å². The van der Waals surface area contributed by atoms with E-state index in [0.717, 1.165) is 11.1 Å². The Morgan fingerprint density at radius 2 is 1.58 bits per heavy atom. The molecule has 2 aromatic carbocycles. The van der Waals surface area contributed by atoms with Crippen molar-refractivity contribution in [3.05, 3.63) is 65.2 Å². The molecule has 0 N–H and O–H groups in total. The number of rotatable bonds is 7. The summed E-state index contributed by atoms with van der Waals surface area (Å²) in [4.78, 5) is 40.0. The van der Waals surface area contributed by atoms with Gasteiger partial charge in [0.1, 0.15) is 17.6 Å². The van der Waals surface area contributed by atoms with Crippen LogP contribution in [0.5, 0.6) is 5.75 Å². The molecule has 1 aliphatic rings. The van der Waals surface area contributed by atoms with Crippen LogP contribution in [-0.2, 0) is 26.2 Å².